The fraction of sp³-hybridized carbons (Fsp3) is 0.238. The lowest BCUT2D eigenvalue weighted by molar-refractivity contribution is 0.0701. The summed E-state index contributed by atoms with van der Waals surface area (Å²) in [5, 5.41) is 19.1. The summed E-state index contributed by atoms with van der Waals surface area (Å²) >= 11 is 3.00. The van der Waals surface area contributed by atoms with E-state index in [-0.39, 0.29) is 17.6 Å². The molecule has 1 saturated heterocycles. The molecule has 4 aromatic rings. The number of carbonyl (C=O) groups excluding carboxylic acids is 1. The summed E-state index contributed by atoms with van der Waals surface area (Å²) in [6.45, 7) is 1.25. The van der Waals surface area contributed by atoms with Gasteiger partial charge in [-0.25, -0.2) is 4.39 Å². The third kappa shape index (κ3) is 3.66. The van der Waals surface area contributed by atoms with Crippen molar-refractivity contribution >= 4 is 28.6 Å². The van der Waals surface area contributed by atoms with Crippen LogP contribution in [0.2, 0.25) is 0 Å². The average molecular weight is 440 g/mol. The molecule has 1 aromatic carbocycles. The molecular formula is C21H18FN5OS2. The number of rotatable bonds is 4. The number of nitrogens with one attached hydrogen (secondary N) is 1. The predicted octanol–water partition coefficient (Wildman–Crippen LogP) is 4.82. The van der Waals surface area contributed by atoms with Gasteiger partial charge in [0.2, 0.25) is 0 Å². The van der Waals surface area contributed by atoms with Crippen LogP contribution in [0, 0.1) is 5.82 Å². The largest absolute Gasteiger partial charge is 0.337 e. The number of H-pyrrole nitrogens is 1. The first kappa shape index (κ1) is 19.1. The fourth-order valence-electron chi connectivity index (χ4n) is 3.66. The molecule has 1 aliphatic rings. The molecular weight excluding hydrogens is 421 g/mol. The predicted molar refractivity (Wildman–Crippen MR) is 115 cm³/mol. The molecule has 30 heavy (non-hydrogen) atoms. The van der Waals surface area contributed by atoms with Crippen LogP contribution in [-0.4, -0.2) is 44.3 Å². The van der Waals surface area contributed by atoms with E-state index in [0.29, 0.717) is 29.4 Å². The van der Waals surface area contributed by atoms with Gasteiger partial charge in [0.1, 0.15) is 10.8 Å². The number of piperidine rings is 1. The smallest absolute Gasteiger partial charge is 0.274 e. The van der Waals surface area contributed by atoms with E-state index in [9.17, 15) is 9.18 Å². The van der Waals surface area contributed by atoms with Gasteiger partial charge in [0.05, 0.1) is 10.6 Å². The van der Waals surface area contributed by atoms with Crippen molar-refractivity contribution in [3.8, 4) is 21.1 Å². The molecule has 1 atom stereocenters. The Kier molecular flexibility index (Phi) is 5.14. The van der Waals surface area contributed by atoms with Crippen LogP contribution in [0.3, 0.4) is 0 Å². The first-order valence-corrected chi connectivity index (χ1v) is 11.4. The summed E-state index contributed by atoms with van der Waals surface area (Å²) in [4.78, 5) is 15.9. The second-order valence-electron chi connectivity index (χ2n) is 7.16. The number of carbonyl (C=O) groups is 1. The Bertz CT molecular complexity index is 1170. The van der Waals surface area contributed by atoms with E-state index >= 15 is 0 Å². The van der Waals surface area contributed by atoms with E-state index < -0.39 is 0 Å². The standard InChI is InChI=1S/C21H18FN5OS2/c22-15-7-2-1-6-14(15)20-26-25-19(30-20)13-5-3-9-27(12-13)21(28)17-11-16(23-24-17)18-8-4-10-29-18/h1-2,4,6-8,10-11,13H,3,5,9,12H2,(H,23,24). The second-order valence-corrected chi connectivity index (χ2v) is 9.12. The summed E-state index contributed by atoms with van der Waals surface area (Å²) in [6.07, 6.45) is 1.81. The van der Waals surface area contributed by atoms with Crippen molar-refractivity contribution in [1.82, 2.24) is 25.3 Å². The monoisotopic (exact) mass is 439 g/mol. The minimum absolute atomic E-state index is 0.0856. The number of likely N-dealkylation sites (tertiary alicyclic amines) is 1. The SMILES string of the molecule is O=C(c1cc(-c2cccs2)[nH]n1)N1CCCC(c2nnc(-c3ccccc3F)s2)C1. The van der Waals surface area contributed by atoms with Crippen molar-refractivity contribution in [3.05, 3.63) is 64.4 Å². The van der Waals surface area contributed by atoms with E-state index in [1.807, 2.05) is 22.4 Å². The van der Waals surface area contributed by atoms with Gasteiger partial charge in [0.25, 0.3) is 5.91 Å². The minimum Gasteiger partial charge on any atom is -0.337 e. The summed E-state index contributed by atoms with van der Waals surface area (Å²) in [5.41, 5.74) is 1.73. The molecule has 0 bridgehead atoms. The van der Waals surface area contributed by atoms with Crippen LogP contribution in [0.4, 0.5) is 4.39 Å². The maximum atomic E-state index is 14.1. The Morgan fingerprint density at radius 1 is 1.20 bits per heavy atom. The van der Waals surface area contributed by atoms with Gasteiger partial charge in [-0.1, -0.05) is 29.5 Å². The topological polar surface area (TPSA) is 74.8 Å². The zero-order chi connectivity index (χ0) is 20.5. The summed E-state index contributed by atoms with van der Waals surface area (Å²) in [7, 11) is 0. The van der Waals surface area contributed by atoms with Gasteiger partial charge in [-0.15, -0.1) is 21.5 Å². The van der Waals surface area contributed by atoms with Gasteiger partial charge in [-0.05, 0) is 42.5 Å². The molecule has 6 nitrogen and oxygen atoms in total. The normalized spacial score (nSPS) is 16.7. The van der Waals surface area contributed by atoms with Crippen molar-refractivity contribution in [2.75, 3.05) is 13.1 Å². The van der Waals surface area contributed by atoms with Crippen LogP contribution in [-0.2, 0) is 0 Å². The molecule has 0 radical (unpaired) electrons. The van der Waals surface area contributed by atoms with E-state index in [2.05, 4.69) is 20.4 Å². The Morgan fingerprint density at radius 3 is 2.93 bits per heavy atom. The van der Waals surface area contributed by atoms with Gasteiger partial charge < -0.3 is 4.90 Å². The molecule has 152 valence electrons. The molecule has 0 saturated carbocycles. The molecule has 1 aliphatic heterocycles. The van der Waals surface area contributed by atoms with Crippen LogP contribution >= 0.6 is 22.7 Å². The number of amides is 1. The number of hydrogen-bond donors (Lipinski definition) is 1. The fourth-order valence-corrected chi connectivity index (χ4v) is 5.35. The molecule has 1 amide bonds. The highest BCUT2D eigenvalue weighted by molar-refractivity contribution is 7.14. The highest BCUT2D eigenvalue weighted by Gasteiger charge is 2.29. The van der Waals surface area contributed by atoms with E-state index in [0.717, 1.165) is 28.4 Å². The molecule has 1 N–H and O–H groups in total. The molecule has 5 rings (SSSR count). The zero-order valence-electron chi connectivity index (χ0n) is 15.9. The van der Waals surface area contributed by atoms with Crippen molar-refractivity contribution in [2.45, 2.75) is 18.8 Å². The van der Waals surface area contributed by atoms with E-state index in [1.54, 1.807) is 35.6 Å². The summed E-state index contributed by atoms with van der Waals surface area (Å²) in [6, 6.07) is 12.3. The van der Waals surface area contributed by atoms with Crippen molar-refractivity contribution in [2.24, 2.45) is 0 Å². The third-order valence-corrected chi connectivity index (χ3v) is 7.21. The lowest BCUT2D eigenvalue weighted by atomic mass is 9.98. The molecule has 1 fully saturated rings. The lowest BCUT2D eigenvalue weighted by Crippen LogP contribution is -2.39. The Hall–Kier alpha value is -2.91. The molecule has 9 heteroatoms. The van der Waals surface area contributed by atoms with E-state index in [1.165, 1.54) is 17.4 Å². The first-order chi connectivity index (χ1) is 14.7. The number of aromatic amines is 1. The number of halogens is 1. The van der Waals surface area contributed by atoms with Crippen LogP contribution < -0.4 is 0 Å². The minimum atomic E-state index is -0.305. The highest BCUT2D eigenvalue weighted by Crippen LogP contribution is 2.34. The maximum absolute atomic E-state index is 14.1. The van der Waals surface area contributed by atoms with Gasteiger partial charge in [0, 0.05) is 24.6 Å². The quantitative estimate of drug-likeness (QED) is 0.495. The van der Waals surface area contributed by atoms with Crippen molar-refractivity contribution < 1.29 is 9.18 Å². The Balaban J connectivity index is 1.32. The third-order valence-electron chi connectivity index (χ3n) is 5.19. The van der Waals surface area contributed by atoms with Crippen LogP contribution in [0.1, 0.15) is 34.3 Å². The molecule has 3 aromatic heterocycles. The summed E-state index contributed by atoms with van der Waals surface area (Å²) < 4.78 is 14.1. The Morgan fingerprint density at radius 2 is 2.10 bits per heavy atom. The number of aromatic nitrogens is 4. The highest BCUT2D eigenvalue weighted by atomic mass is 32.1. The number of thiophene rings is 1. The molecule has 0 aliphatic carbocycles. The second kappa shape index (κ2) is 8.08. The molecule has 1 unspecified atom stereocenters. The number of hydrogen-bond acceptors (Lipinski definition) is 6. The summed E-state index contributed by atoms with van der Waals surface area (Å²) in [5.74, 6) is -0.297. The van der Waals surface area contributed by atoms with Crippen LogP contribution in [0.15, 0.2) is 47.8 Å². The number of benzene rings is 1. The van der Waals surface area contributed by atoms with Gasteiger partial charge in [-0.2, -0.15) is 5.10 Å². The van der Waals surface area contributed by atoms with Crippen LogP contribution in [0.25, 0.3) is 21.1 Å². The maximum Gasteiger partial charge on any atom is 0.274 e. The van der Waals surface area contributed by atoms with Gasteiger partial charge >= 0.3 is 0 Å². The average Bonchev–Trinajstić information content (AvgIpc) is 3.55. The van der Waals surface area contributed by atoms with Gasteiger partial charge in [-0.3, -0.25) is 9.89 Å². The van der Waals surface area contributed by atoms with E-state index in [4.69, 9.17) is 0 Å². The lowest BCUT2D eigenvalue weighted by Gasteiger charge is -2.31. The number of nitrogens with zero attached hydrogens (tertiary/aromatic N) is 4. The van der Waals surface area contributed by atoms with Crippen molar-refractivity contribution in [3.63, 3.8) is 0 Å². The van der Waals surface area contributed by atoms with Crippen molar-refractivity contribution in [1.29, 1.82) is 0 Å². The Labute approximate surface area is 180 Å². The van der Waals surface area contributed by atoms with Gasteiger partial charge in [0.15, 0.2) is 10.7 Å². The zero-order valence-corrected chi connectivity index (χ0v) is 17.5. The van der Waals surface area contributed by atoms with Crippen LogP contribution in [0.5, 0.6) is 0 Å². The molecule has 0 spiro atoms. The molecule has 4 heterocycles. The first-order valence-electron chi connectivity index (χ1n) is 9.66.